The van der Waals surface area contributed by atoms with Crippen molar-refractivity contribution < 1.29 is 22.7 Å². The van der Waals surface area contributed by atoms with Gasteiger partial charge in [-0.3, -0.25) is 9.10 Å². The summed E-state index contributed by atoms with van der Waals surface area (Å²) in [6.07, 6.45) is 1.67. The minimum Gasteiger partial charge on any atom is -0.497 e. The number of carbonyl (C=O) groups excluding carboxylic acids is 1. The van der Waals surface area contributed by atoms with Gasteiger partial charge >= 0.3 is 0 Å². The molecule has 170 valence electrons. The number of methoxy groups -OCH3 is 1. The lowest BCUT2D eigenvalue weighted by Crippen LogP contribution is -2.30. The number of benzene rings is 2. The van der Waals surface area contributed by atoms with Gasteiger partial charge < -0.3 is 14.8 Å². The van der Waals surface area contributed by atoms with Crippen molar-refractivity contribution in [2.75, 3.05) is 31.6 Å². The number of anilines is 1. The first-order valence-electron chi connectivity index (χ1n) is 10.0. The van der Waals surface area contributed by atoms with Crippen molar-refractivity contribution >= 4 is 33.0 Å². The lowest BCUT2D eigenvalue weighted by atomic mass is 10.1. The van der Waals surface area contributed by atoms with Crippen molar-refractivity contribution in [3.8, 4) is 11.5 Å². The fraction of sp³-hybridized carbons (Fsp3) is 0.261. The Labute approximate surface area is 192 Å². The smallest absolute Gasteiger partial charge is 0.273 e. The number of thiophene rings is 1. The molecule has 2 aromatic carbocycles. The molecule has 0 spiro atoms. The van der Waals surface area contributed by atoms with Crippen LogP contribution in [-0.4, -0.2) is 41.6 Å². The van der Waals surface area contributed by atoms with Crippen molar-refractivity contribution in [1.29, 1.82) is 0 Å². The van der Waals surface area contributed by atoms with Gasteiger partial charge in [-0.25, -0.2) is 8.42 Å². The van der Waals surface area contributed by atoms with Crippen LogP contribution in [0.2, 0.25) is 0 Å². The van der Waals surface area contributed by atoms with Gasteiger partial charge in [0, 0.05) is 13.6 Å². The number of hydrogen-bond acceptors (Lipinski definition) is 6. The summed E-state index contributed by atoms with van der Waals surface area (Å²) < 4.78 is 37.3. The highest BCUT2D eigenvalue weighted by Gasteiger charge is 2.22. The zero-order chi connectivity index (χ0) is 23.0. The van der Waals surface area contributed by atoms with E-state index < -0.39 is 10.0 Å². The Balaban J connectivity index is 1.41. The van der Waals surface area contributed by atoms with Crippen molar-refractivity contribution in [2.24, 2.45) is 0 Å². The molecule has 0 aliphatic carbocycles. The minimum atomic E-state index is -3.58. The Morgan fingerprint density at radius 2 is 1.72 bits per heavy atom. The summed E-state index contributed by atoms with van der Waals surface area (Å²) in [5.74, 6) is 1.10. The third-order valence-corrected chi connectivity index (χ3v) is 7.96. The SMILES string of the molecule is COc1ccc(CCCNC(=O)COc2ccc(N(C)S(=O)(=O)c3cccs3)cc2)cc1. The average Bonchev–Trinajstić information content (AvgIpc) is 3.37. The standard InChI is InChI=1S/C23H26N2O5S2/c1-25(32(27,28)23-6-4-16-31-23)19-9-13-21(14-10-19)30-17-22(26)24-15-3-5-18-7-11-20(29-2)12-8-18/h4,6-14,16H,3,5,15,17H2,1-2H3,(H,24,26). The van der Waals surface area contributed by atoms with Crippen LogP contribution in [0, 0.1) is 0 Å². The summed E-state index contributed by atoms with van der Waals surface area (Å²) in [4.78, 5) is 12.0. The number of carbonyl (C=O) groups is 1. The van der Waals surface area contributed by atoms with Gasteiger partial charge in [-0.05, 0) is 66.2 Å². The highest BCUT2D eigenvalue weighted by atomic mass is 32.2. The predicted molar refractivity (Wildman–Crippen MR) is 126 cm³/mol. The molecule has 1 heterocycles. The van der Waals surface area contributed by atoms with Gasteiger partial charge in [0.1, 0.15) is 15.7 Å². The second-order valence-electron chi connectivity index (χ2n) is 6.99. The molecule has 0 bridgehead atoms. The normalized spacial score (nSPS) is 11.1. The Morgan fingerprint density at radius 3 is 2.34 bits per heavy atom. The molecule has 1 aromatic heterocycles. The number of hydrogen-bond donors (Lipinski definition) is 1. The number of ether oxygens (including phenoxy) is 2. The fourth-order valence-corrected chi connectivity index (χ4v) is 5.31. The zero-order valence-corrected chi connectivity index (χ0v) is 19.6. The Hall–Kier alpha value is -3.04. The summed E-state index contributed by atoms with van der Waals surface area (Å²) in [5, 5.41) is 4.56. The molecule has 0 saturated carbocycles. The summed E-state index contributed by atoms with van der Waals surface area (Å²) >= 11 is 1.17. The van der Waals surface area contributed by atoms with Crippen LogP contribution in [0.4, 0.5) is 5.69 Å². The first-order valence-corrected chi connectivity index (χ1v) is 12.4. The summed E-state index contributed by atoms with van der Waals surface area (Å²) in [5.41, 5.74) is 1.69. The first kappa shape index (κ1) is 23.6. The van der Waals surface area contributed by atoms with Crippen molar-refractivity contribution in [2.45, 2.75) is 17.1 Å². The van der Waals surface area contributed by atoms with Crippen LogP contribution in [0.15, 0.2) is 70.3 Å². The number of aryl methyl sites for hydroxylation is 1. The van der Waals surface area contributed by atoms with Gasteiger partial charge in [0.2, 0.25) is 0 Å². The molecule has 3 aromatic rings. The number of amides is 1. The van der Waals surface area contributed by atoms with Crippen molar-refractivity contribution in [3.63, 3.8) is 0 Å². The third kappa shape index (κ3) is 6.24. The predicted octanol–water partition coefficient (Wildman–Crippen LogP) is 3.71. The second kappa shape index (κ2) is 11.0. The van der Waals surface area contributed by atoms with Crippen LogP contribution >= 0.6 is 11.3 Å². The first-order chi connectivity index (χ1) is 15.4. The van der Waals surface area contributed by atoms with E-state index in [0.717, 1.165) is 18.6 Å². The van der Waals surface area contributed by atoms with Crippen LogP contribution in [0.3, 0.4) is 0 Å². The van der Waals surface area contributed by atoms with E-state index in [1.165, 1.54) is 28.3 Å². The summed E-state index contributed by atoms with van der Waals surface area (Å²) in [6.45, 7) is 0.448. The van der Waals surface area contributed by atoms with Crippen molar-refractivity contribution in [1.82, 2.24) is 5.32 Å². The molecule has 32 heavy (non-hydrogen) atoms. The lowest BCUT2D eigenvalue weighted by Gasteiger charge is -2.18. The van der Waals surface area contributed by atoms with Crippen molar-refractivity contribution in [3.05, 3.63) is 71.6 Å². The van der Waals surface area contributed by atoms with Crippen LogP contribution in [0.1, 0.15) is 12.0 Å². The number of nitrogens with one attached hydrogen (secondary N) is 1. The highest BCUT2D eigenvalue weighted by Crippen LogP contribution is 2.26. The largest absolute Gasteiger partial charge is 0.497 e. The second-order valence-corrected chi connectivity index (χ2v) is 10.1. The topological polar surface area (TPSA) is 84.9 Å². The maximum absolute atomic E-state index is 12.6. The Bertz CT molecular complexity index is 1100. The molecule has 0 aliphatic heterocycles. The number of sulfonamides is 1. The molecule has 0 atom stereocenters. The molecular weight excluding hydrogens is 448 g/mol. The molecule has 7 nitrogen and oxygen atoms in total. The van der Waals surface area contributed by atoms with E-state index in [1.54, 1.807) is 48.9 Å². The fourth-order valence-electron chi connectivity index (χ4n) is 2.95. The number of nitrogens with zero attached hydrogens (tertiary/aromatic N) is 1. The molecule has 9 heteroatoms. The van der Waals surface area contributed by atoms with Gasteiger partial charge in [0.25, 0.3) is 15.9 Å². The number of rotatable bonds is 11. The molecule has 3 rings (SSSR count). The zero-order valence-electron chi connectivity index (χ0n) is 18.0. The van der Waals surface area contributed by atoms with E-state index in [0.29, 0.717) is 18.0 Å². The monoisotopic (exact) mass is 474 g/mol. The van der Waals surface area contributed by atoms with E-state index in [-0.39, 0.29) is 16.7 Å². The van der Waals surface area contributed by atoms with E-state index >= 15 is 0 Å². The minimum absolute atomic E-state index is 0.106. The molecule has 0 aliphatic rings. The third-order valence-electron chi connectivity index (χ3n) is 4.80. The van der Waals surface area contributed by atoms with Crippen LogP contribution in [0.5, 0.6) is 11.5 Å². The van der Waals surface area contributed by atoms with Gasteiger partial charge in [-0.1, -0.05) is 18.2 Å². The maximum Gasteiger partial charge on any atom is 0.273 e. The van der Waals surface area contributed by atoms with Crippen LogP contribution < -0.4 is 19.1 Å². The summed E-state index contributed by atoms with van der Waals surface area (Å²) in [6, 6.07) is 17.7. The molecular formula is C23H26N2O5S2. The van der Waals surface area contributed by atoms with E-state index in [4.69, 9.17) is 9.47 Å². The Kier molecular flexibility index (Phi) is 8.13. The van der Waals surface area contributed by atoms with E-state index in [1.807, 2.05) is 24.3 Å². The molecule has 1 N–H and O–H groups in total. The molecule has 0 fully saturated rings. The van der Waals surface area contributed by atoms with Crippen LogP contribution in [-0.2, 0) is 21.2 Å². The van der Waals surface area contributed by atoms with Gasteiger partial charge in [0.05, 0.1) is 12.8 Å². The van der Waals surface area contributed by atoms with Gasteiger partial charge in [0.15, 0.2) is 6.61 Å². The van der Waals surface area contributed by atoms with Gasteiger partial charge in [-0.15, -0.1) is 11.3 Å². The van der Waals surface area contributed by atoms with Crippen LogP contribution in [0.25, 0.3) is 0 Å². The molecule has 1 amide bonds. The van der Waals surface area contributed by atoms with E-state index in [9.17, 15) is 13.2 Å². The average molecular weight is 475 g/mol. The van der Waals surface area contributed by atoms with Gasteiger partial charge in [-0.2, -0.15) is 0 Å². The molecule has 0 radical (unpaired) electrons. The summed E-state index contributed by atoms with van der Waals surface area (Å²) in [7, 11) is -0.444. The Morgan fingerprint density at radius 1 is 1.03 bits per heavy atom. The molecule has 0 saturated heterocycles. The van der Waals surface area contributed by atoms with E-state index in [2.05, 4.69) is 5.32 Å². The maximum atomic E-state index is 12.6. The quantitative estimate of drug-likeness (QED) is 0.428. The molecule has 0 unspecified atom stereocenters. The lowest BCUT2D eigenvalue weighted by molar-refractivity contribution is -0.123. The highest BCUT2D eigenvalue weighted by molar-refractivity contribution is 7.94.